The minimum absolute atomic E-state index is 0.0804. The number of hydrogen-bond acceptors (Lipinski definition) is 5. The fraction of sp³-hybridized carbons (Fsp3) is 0.636. The Kier molecular flexibility index (Phi) is 3.64. The van der Waals surface area contributed by atoms with Gasteiger partial charge in [0.15, 0.2) is 5.79 Å². The molecule has 2 heterocycles. The molecule has 5 nitrogen and oxygen atoms in total. The van der Waals surface area contributed by atoms with Crippen molar-refractivity contribution in [2.75, 3.05) is 18.5 Å². The largest absolute Gasteiger partial charge is 0.433 e. The van der Waals surface area contributed by atoms with Gasteiger partial charge in [0.2, 0.25) is 5.95 Å². The van der Waals surface area contributed by atoms with Gasteiger partial charge in [0, 0.05) is 12.7 Å². The summed E-state index contributed by atoms with van der Waals surface area (Å²) in [5, 5.41) is 2.71. The van der Waals surface area contributed by atoms with Crippen LogP contribution < -0.4 is 5.32 Å². The standard InChI is InChI=1S/C11H14F3N3O2/c1-10(2)18-6-7(19-10)5-16-9-15-4-3-8(17-9)11(12,13)14/h3-4,7H,5-6H2,1-2H3,(H,15,16,17). The van der Waals surface area contributed by atoms with E-state index in [0.717, 1.165) is 12.3 Å². The molecule has 1 fully saturated rings. The fourth-order valence-electron chi connectivity index (χ4n) is 1.67. The van der Waals surface area contributed by atoms with Crippen LogP contribution in [0.3, 0.4) is 0 Å². The van der Waals surface area contributed by atoms with E-state index < -0.39 is 17.7 Å². The highest BCUT2D eigenvalue weighted by atomic mass is 19.4. The first-order valence-corrected chi connectivity index (χ1v) is 5.72. The number of rotatable bonds is 3. The van der Waals surface area contributed by atoms with E-state index in [1.54, 1.807) is 13.8 Å². The van der Waals surface area contributed by atoms with Gasteiger partial charge in [-0.05, 0) is 19.9 Å². The topological polar surface area (TPSA) is 56.3 Å². The molecule has 0 bridgehead atoms. The summed E-state index contributed by atoms with van der Waals surface area (Å²) in [4.78, 5) is 7.13. The van der Waals surface area contributed by atoms with Crippen molar-refractivity contribution in [3.63, 3.8) is 0 Å². The van der Waals surface area contributed by atoms with Gasteiger partial charge in [0.05, 0.1) is 6.61 Å². The van der Waals surface area contributed by atoms with Gasteiger partial charge in [-0.15, -0.1) is 0 Å². The first-order valence-electron chi connectivity index (χ1n) is 5.72. The molecule has 0 amide bonds. The molecule has 0 aromatic carbocycles. The molecule has 0 saturated carbocycles. The van der Waals surface area contributed by atoms with Crippen molar-refractivity contribution in [1.82, 2.24) is 9.97 Å². The van der Waals surface area contributed by atoms with Gasteiger partial charge >= 0.3 is 6.18 Å². The number of nitrogens with zero attached hydrogens (tertiary/aromatic N) is 2. The molecule has 1 aliphatic rings. The highest BCUT2D eigenvalue weighted by molar-refractivity contribution is 5.26. The Morgan fingerprint density at radius 3 is 2.79 bits per heavy atom. The first-order chi connectivity index (χ1) is 8.76. The molecule has 1 aromatic heterocycles. The Labute approximate surface area is 108 Å². The van der Waals surface area contributed by atoms with Crippen molar-refractivity contribution in [2.24, 2.45) is 0 Å². The maximum atomic E-state index is 12.4. The van der Waals surface area contributed by atoms with Crippen molar-refractivity contribution in [3.05, 3.63) is 18.0 Å². The van der Waals surface area contributed by atoms with Crippen molar-refractivity contribution in [3.8, 4) is 0 Å². The van der Waals surface area contributed by atoms with Gasteiger partial charge in [0.25, 0.3) is 0 Å². The first kappa shape index (κ1) is 14.0. The molecule has 8 heteroatoms. The maximum Gasteiger partial charge on any atom is 0.433 e. The Morgan fingerprint density at radius 2 is 2.21 bits per heavy atom. The van der Waals surface area contributed by atoms with E-state index in [9.17, 15) is 13.2 Å². The summed E-state index contributed by atoms with van der Waals surface area (Å²) in [6, 6.07) is 0.823. The van der Waals surface area contributed by atoms with Crippen LogP contribution in [-0.4, -0.2) is 35.0 Å². The van der Waals surface area contributed by atoms with E-state index in [0.29, 0.717) is 6.61 Å². The number of halogens is 3. The molecule has 0 aliphatic carbocycles. The van der Waals surface area contributed by atoms with Crippen LogP contribution in [0.1, 0.15) is 19.5 Å². The number of nitrogens with one attached hydrogen (secondary N) is 1. The second kappa shape index (κ2) is 4.93. The van der Waals surface area contributed by atoms with Gasteiger partial charge in [-0.3, -0.25) is 0 Å². The number of hydrogen-bond donors (Lipinski definition) is 1. The predicted molar refractivity (Wildman–Crippen MR) is 60.4 cm³/mol. The third-order valence-corrected chi connectivity index (χ3v) is 2.50. The Bertz CT molecular complexity index is 451. The molecular weight excluding hydrogens is 263 g/mol. The lowest BCUT2D eigenvalue weighted by molar-refractivity contribution is -0.141. The van der Waals surface area contributed by atoms with Gasteiger partial charge in [0.1, 0.15) is 11.8 Å². The van der Waals surface area contributed by atoms with E-state index in [2.05, 4.69) is 15.3 Å². The minimum Gasteiger partial charge on any atom is -0.352 e. The summed E-state index contributed by atoms with van der Waals surface area (Å²) < 4.78 is 48.2. The van der Waals surface area contributed by atoms with Crippen molar-refractivity contribution in [2.45, 2.75) is 31.9 Å². The summed E-state index contributed by atoms with van der Waals surface area (Å²) in [7, 11) is 0. The fourth-order valence-corrected chi connectivity index (χ4v) is 1.67. The van der Waals surface area contributed by atoms with Crippen molar-refractivity contribution >= 4 is 5.95 Å². The number of anilines is 1. The van der Waals surface area contributed by atoms with E-state index in [1.807, 2.05) is 0 Å². The molecule has 106 valence electrons. The zero-order valence-corrected chi connectivity index (χ0v) is 10.5. The number of aromatic nitrogens is 2. The molecule has 19 heavy (non-hydrogen) atoms. The summed E-state index contributed by atoms with van der Waals surface area (Å²) in [5.74, 6) is -0.746. The van der Waals surface area contributed by atoms with Gasteiger partial charge < -0.3 is 14.8 Å². The lowest BCUT2D eigenvalue weighted by atomic mass is 10.3. The molecule has 1 N–H and O–H groups in total. The molecule has 0 spiro atoms. The molecular formula is C11H14F3N3O2. The molecule has 1 unspecified atom stereocenters. The van der Waals surface area contributed by atoms with Crippen LogP contribution >= 0.6 is 0 Å². The van der Waals surface area contributed by atoms with Crippen LogP contribution in [0.15, 0.2) is 12.3 Å². The lowest BCUT2D eigenvalue weighted by Crippen LogP contribution is -2.26. The van der Waals surface area contributed by atoms with Crippen LogP contribution in [-0.2, 0) is 15.7 Å². The maximum absolute atomic E-state index is 12.4. The SMILES string of the molecule is CC1(C)OCC(CNc2nccc(C(F)(F)F)n2)O1. The Morgan fingerprint density at radius 1 is 1.47 bits per heavy atom. The zero-order chi connectivity index (χ0) is 14.1. The van der Waals surface area contributed by atoms with E-state index in [1.165, 1.54) is 0 Å². The molecule has 0 radical (unpaired) electrons. The summed E-state index contributed by atoms with van der Waals surface area (Å²) >= 11 is 0. The van der Waals surface area contributed by atoms with Crippen LogP contribution in [0.2, 0.25) is 0 Å². The lowest BCUT2D eigenvalue weighted by Gasteiger charge is -2.17. The quantitative estimate of drug-likeness (QED) is 0.916. The minimum atomic E-state index is -4.48. The highest BCUT2D eigenvalue weighted by Gasteiger charge is 2.34. The summed E-state index contributed by atoms with van der Waals surface area (Å²) in [6.45, 7) is 4.20. The second-order valence-corrected chi connectivity index (χ2v) is 4.59. The summed E-state index contributed by atoms with van der Waals surface area (Å²) in [6.07, 6.45) is -3.66. The van der Waals surface area contributed by atoms with Crippen LogP contribution in [0.25, 0.3) is 0 Å². The average Bonchev–Trinajstić information content (AvgIpc) is 2.66. The third kappa shape index (κ3) is 3.77. The summed E-state index contributed by atoms with van der Waals surface area (Å²) in [5.41, 5.74) is -0.978. The number of ether oxygens (including phenoxy) is 2. The van der Waals surface area contributed by atoms with E-state index >= 15 is 0 Å². The Balaban J connectivity index is 1.94. The van der Waals surface area contributed by atoms with Crippen LogP contribution in [0.5, 0.6) is 0 Å². The van der Waals surface area contributed by atoms with Gasteiger partial charge in [-0.1, -0.05) is 0 Å². The molecule has 1 aliphatic heterocycles. The molecule has 1 aromatic rings. The zero-order valence-electron chi connectivity index (χ0n) is 10.5. The smallest absolute Gasteiger partial charge is 0.352 e. The second-order valence-electron chi connectivity index (χ2n) is 4.59. The van der Waals surface area contributed by atoms with Crippen LogP contribution in [0, 0.1) is 0 Å². The normalized spacial score (nSPS) is 22.5. The van der Waals surface area contributed by atoms with E-state index in [-0.39, 0.29) is 18.6 Å². The third-order valence-electron chi connectivity index (χ3n) is 2.50. The van der Waals surface area contributed by atoms with Gasteiger partial charge in [-0.25, -0.2) is 9.97 Å². The van der Waals surface area contributed by atoms with E-state index in [4.69, 9.17) is 9.47 Å². The van der Waals surface area contributed by atoms with Crippen molar-refractivity contribution in [1.29, 1.82) is 0 Å². The number of alkyl halides is 3. The monoisotopic (exact) mass is 277 g/mol. The van der Waals surface area contributed by atoms with Crippen LogP contribution in [0.4, 0.5) is 19.1 Å². The predicted octanol–water partition coefficient (Wildman–Crippen LogP) is 2.06. The Hall–Kier alpha value is -1.41. The molecule has 2 rings (SSSR count). The molecule has 1 atom stereocenters. The van der Waals surface area contributed by atoms with Gasteiger partial charge in [-0.2, -0.15) is 13.2 Å². The highest BCUT2D eigenvalue weighted by Crippen LogP contribution is 2.27. The van der Waals surface area contributed by atoms with Crippen molar-refractivity contribution < 1.29 is 22.6 Å². The average molecular weight is 277 g/mol. The molecule has 1 saturated heterocycles.